The van der Waals surface area contributed by atoms with Gasteiger partial charge in [0.2, 0.25) is 5.91 Å². The summed E-state index contributed by atoms with van der Waals surface area (Å²) in [5.41, 5.74) is 0.881. The van der Waals surface area contributed by atoms with Crippen LogP contribution in [0.2, 0.25) is 0 Å². The summed E-state index contributed by atoms with van der Waals surface area (Å²) in [5.74, 6) is -0.310. The molecule has 19 heavy (non-hydrogen) atoms. The average molecular weight is 261 g/mol. The number of nitrogens with zero attached hydrogens (tertiary/aromatic N) is 1. The number of carbonyl (C=O) groups excluding carboxylic acids is 1. The minimum absolute atomic E-state index is 0.0289. The first-order chi connectivity index (χ1) is 9.19. The van der Waals surface area contributed by atoms with Gasteiger partial charge in [0.1, 0.15) is 5.82 Å². The van der Waals surface area contributed by atoms with E-state index in [0.29, 0.717) is 36.7 Å². The molecule has 0 aromatic heterocycles. The number of nitrogens with one attached hydrogen (secondary N) is 2. The highest BCUT2D eigenvalue weighted by molar-refractivity contribution is 5.76. The summed E-state index contributed by atoms with van der Waals surface area (Å²) in [6, 6.07) is 6.60. The molecule has 2 N–H and O–H groups in total. The van der Waals surface area contributed by atoms with Crippen LogP contribution in [-0.2, 0) is 11.3 Å². The van der Waals surface area contributed by atoms with Crippen molar-refractivity contribution >= 4 is 5.91 Å². The number of halogens is 1. The molecule has 0 spiro atoms. The van der Waals surface area contributed by atoms with Gasteiger partial charge < -0.3 is 10.6 Å². The van der Waals surface area contributed by atoms with Gasteiger partial charge in [0, 0.05) is 31.1 Å². The zero-order valence-electron chi connectivity index (χ0n) is 10.6. The van der Waals surface area contributed by atoms with Gasteiger partial charge in [-0.2, -0.15) is 5.26 Å². The van der Waals surface area contributed by atoms with Gasteiger partial charge in [0.25, 0.3) is 0 Å². The van der Waals surface area contributed by atoms with Crippen LogP contribution in [0.1, 0.15) is 30.4 Å². The number of hydrogen-bond donors (Lipinski definition) is 2. The van der Waals surface area contributed by atoms with Crippen molar-refractivity contribution in [2.75, 3.05) is 6.54 Å². The molecular weight excluding hydrogens is 245 g/mol. The Kier molecular flexibility index (Phi) is 4.48. The van der Waals surface area contributed by atoms with E-state index in [4.69, 9.17) is 5.26 Å². The summed E-state index contributed by atoms with van der Waals surface area (Å²) in [4.78, 5) is 11.4. The van der Waals surface area contributed by atoms with E-state index >= 15 is 0 Å². The highest BCUT2D eigenvalue weighted by Gasteiger charge is 2.22. The second kappa shape index (κ2) is 6.30. The first-order valence-electron chi connectivity index (χ1n) is 6.37. The summed E-state index contributed by atoms with van der Waals surface area (Å²) >= 11 is 0. The van der Waals surface area contributed by atoms with E-state index in [2.05, 4.69) is 10.6 Å². The maximum absolute atomic E-state index is 13.4. The van der Waals surface area contributed by atoms with Gasteiger partial charge in [-0.3, -0.25) is 4.79 Å². The number of benzene rings is 1. The van der Waals surface area contributed by atoms with Gasteiger partial charge in [0.05, 0.1) is 11.6 Å². The van der Waals surface area contributed by atoms with Crippen LogP contribution >= 0.6 is 0 Å². The summed E-state index contributed by atoms with van der Waals surface area (Å²) in [6.07, 6.45) is 2.53. The molecule has 1 aromatic carbocycles. The fourth-order valence-electron chi connectivity index (χ4n) is 1.73. The lowest BCUT2D eigenvalue weighted by molar-refractivity contribution is -0.121. The summed E-state index contributed by atoms with van der Waals surface area (Å²) < 4.78 is 13.4. The van der Waals surface area contributed by atoms with Crippen LogP contribution in [-0.4, -0.2) is 18.5 Å². The van der Waals surface area contributed by atoms with Gasteiger partial charge in [-0.05, 0) is 31.0 Å². The highest BCUT2D eigenvalue weighted by Crippen LogP contribution is 2.18. The lowest BCUT2D eigenvalue weighted by Crippen LogP contribution is -2.29. The average Bonchev–Trinajstić information content (AvgIpc) is 3.20. The van der Waals surface area contributed by atoms with Crippen molar-refractivity contribution in [1.29, 1.82) is 5.26 Å². The van der Waals surface area contributed by atoms with Gasteiger partial charge >= 0.3 is 0 Å². The zero-order chi connectivity index (χ0) is 13.7. The molecule has 0 bridgehead atoms. The Hall–Kier alpha value is -1.93. The molecule has 1 amide bonds. The van der Waals surface area contributed by atoms with Gasteiger partial charge in [0.15, 0.2) is 0 Å². The minimum atomic E-state index is -0.339. The largest absolute Gasteiger partial charge is 0.353 e. The Morgan fingerprint density at radius 2 is 2.26 bits per heavy atom. The monoisotopic (exact) mass is 261 g/mol. The molecule has 0 atom stereocenters. The molecule has 100 valence electrons. The number of rotatable bonds is 6. The molecule has 0 unspecified atom stereocenters. The van der Waals surface area contributed by atoms with E-state index in [1.165, 1.54) is 18.2 Å². The van der Waals surface area contributed by atoms with E-state index in [0.717, 1.165) is 12.8 Å². The minimum Gasteiger partial charge on any atom is -0.353 e. The van der Waals surface area contributed by atoms with Gasteiger partial charge in [-0.15, -0.1) is 0 Å². The predicted molar refractivity (Wildman–Crippen MR) is 68.6 cm³/mol. The van der Waals surface area contributed by atoms with Crippen molar-refractivity contribution in [2.45, 2.75) is 31.8 Å². The van der Waals surface area contributed by atoms with E-state index < -0.39 is 0 Å². The Labute approximate surface area is 111 Å². The van der Waals surface area contributed by atoms with Crippen LogP contribution < -0.4 is 10.6 Å². The Bertz CT molecular complexity index is 506. The second-order valence-corrected chi connectivity index (χ2v) is 4.69. The van der Waals surface area contributed by atoms with Gasteiger partial charge in [-0.1, -0.05) is 0 Å². The molecule has 0 heterocycles. The first-order valence-corrected chi connectivity index (χ1v) is 6.37. The van der Waals surface area contributed by atoms with E-state index in [9.17, 15) is 9.18 Å². The van der Waals surface area contributed by atoms with Crippen molar-refractivity contribution < 1.29 is 9.18 Å². The van der Waals surface area contributed by atoms with Crippen LogP contribution in [0.25, 0.3) is 0 Å². The SMILES string of the molecule is N#Cc1ccc(F)c(CNCCC(=O)NC2CC2)c1. The fraction of sp³-hybridized carbons (Fsp3) is 0.429. The number of nitriles is 1. The predicted octanol–water partition coefficient (Wildman–Crippen LogP) is 1.46. The van der Waals surface area contributed by atoms with E-state index in [1.54, 1.807) is 0 Å². The molecule has 2 rings (SSSR count). The lowest BCUT2D eigenvalue weighted by Gasteiger charge is -2.07. The molecule has 1 aliphatic rings. The Morgan fingerprint density at radius 1 is 1.47 bits per heavy atom. The molecule has 0 radical (unpaired) electrons. The third-order valence-corrected chi connectivity index (χ3v) is 2.96. The zero-order valence-corrected chi connectivity index (χ0v) is 10.6. The fourth-order valence-corrected chi connectivity index (χ4v) is 1.73. The summed E-state index contributed by atoms with van der Waals surface area (Å²) in [5, 5.41) is 14.6. The van der Waals surface area contributed by atoms with Crippen LogP contribution in [0.5, 0.6) is 0 Å². The molecule has 1 aromatic rings. The van der Waals surface area contributed by atoms with Gasteiger partial charge in [-0.25, -0.2) is 4.39 Å². The Morgan fingerprint density at radius 3 is 2.95 bits per heavy atom. The molecule has 1 saturated carbocycles. The van der Waals surface area contributed by atoms with E-state index in [1.807, 2.05) is 6.07 Å². The van der Waals surface area contributed by atoms with Crippen LogP contribution in [0.15, 0.2) is 18.2 Å². The summed E-state index contributed by atoms with van der Waals surface area (Å²) in [6.45, 7) is 0.812. The molecule has 5 heteroatoms. The van der Waals surface area contributed by atoms with Crippen molar-refractivity contribution in [3.63, 3.8) is 0 Å². The molecular formula is C14H16FN3O. The first kappa shape index (κ1) is 13.5. The summed E-state index contributed by atoms with van der Waals surface area (Å²) in [7, 11) is 0. The number of hydrogen-bond acceptors (Lipinski definition) is 3. The van der Waals surface area contributed by atoms with Crippen LogP contribution in [0, 0.1) is 17.1 Å². The molecule has 1 aliphatic carbocycles. The standard InChI is InChI=1S/C14H16FN3O/c15-13-4-1-10(8-16)7-11(13)9-17-6-5-14(19)18-12-2-3-12/h1,4,7,12,17H,2-3,5-6,9H2,(H,18,19). The third kappa shape index (κ3) is 4.34. The normalized spacial score (nSPS) is 13.9. The topological polar surface area (TPSA) is 64.9 Å². The highest BCUT2D eigenvalue weighted by atomic mass is 19.1. The smallest absolute Gasteiger partial charge is 0.221 e. The van der Waals surface area contributed by atoms with Crippen molar-refractivity contribution in [2.24, 2.45) is 0 Å². The number of carbonyl (C=O) groups is 1. The maximum atomic E-state index is 13.4. The van der Waals surface area contributed by atoms with Crippen molar-refractivity contribution in [3.05, 3.63) is 35.1 Å². The molecule has 0 saturated heterocycles. The van der Waals surface area contributed by atoms with E-state index in [-0.39, 0.29) is 11.7 Å². The lowest BCUT2D eigenvalue weighted by atomic mass is 10.1. The third-order valence-electron chi connectivity index (χ3n) is 2.96. The van der Waals surface area contributed by atoms with Crippen LogP contribution in [0.3, 0.4) is 0 Å². The molecule has 0 aliphatic heterocycles. The Balaban J connectivity index is 1.72. The second-order valence-electron chi connectivity index (χ2n) is 4.69. The number of amides is 1. The van der Waals surface area contributed by atoms with Crippen molar-refractivity contribution in [3.8, 4) is 6.07 Å². The molecule has 4 nitrogen and oxygen atoms in total. The quantitative estimate of drug-likeness (QED) is 0.762. The van der Waals surface area contributed by atoms with Crippen LogP contribution in [0.4, 0.5) is 4.39 Å². The molecule has 1 fully saturated rings. The maximum Gasteiger partial charge on any atom is 0.221 e. The van der Waals surface area contributed by atoms with Crippen molar-refractivity contribution in [1.82, 2.24) is 10.6 Å².